The third-order valence-corrected chi connectivity index (χ3v) is 3.56. The van der Waals surface area contributed by atoms with Gasteiger partial charge in [-0.25, -0.2) is 0 Å². The molecular formula is C13H27ClN2O. The molecule has 1 aliphatic carbocycles. The Morgan fingerprint density at radius 1 is 1.35 bits per heavy atom. The minimum atomic E-state index is 0. The van der Waals surface area contributed by atoms with Crippen molar-refractivity contribution in [2.45, 2.75) is 39.0 Å². The molecule has 1 atom stereocenters. The average Bonchev–Trinajstić information content (AvgIpc) is 2.29. The summed E-state index contributed by atoms with van der Waals surface area (Å²) in [6.07, 6.45) is 6.68. The number of nitrogens with zero attached hydrogens (tertiary/aromatic N) is 1. The van der Waals surface area contributed by atoms with Crippen LogP contribution >= 0.6 is 12.4 Å². The monoisotopic (exact) mass is 262 g/mol. The van der Waals surface area contributed by atoms with Crippen LogP contribution in [0.25, 0.3) is 0 Å². The maximum absolute atomic E-state index is 12.0. The van der Waals surface area contributed by atoms with E-state index in [1.54, 1.807) is 0 Å². The van der Waals surface area contributed by atoms with Crippen molar-refractivity contribution < 1.29 is 4.79 Å². The molecule has 0 saturated heterocycles. The SMILES string of the molecule is CNCC(C)C(=O)N(C)CC1CCCCC1.Cl. The van der Waals surface area contributed by atoms with Gasteiger partial charge in [-0.1, -0.05) is 26.2 Å². The van der Waals surface area contributed by atoms with Gasteiger partial charge in [0.15, 0.2) is 0 Å². The minimum absolute atomic E-state index is 0. The van der Waals surface area contributed by atoms with E-state index in [1.807, 2.05) is 25.9 Å². The Bertz CT molecular complexity index is 217. The summed E-state index contributed by atoms with van der Waals surface area (Å²) in [6, 6.07) is 0. The van der Waals surface area contributed by atoms with Gasteiger partial charge in [0.25, 0.3) is 0 Å². The highest BCUT2D eigenvalue weighted by Crippen LogP contribution is 2.24. The Morgan fingerprint density at radius 3 is 2.47 bits per heavy atom. The van der Waals surface area contributed by atoms with Gasteiger partial charge in [-0.2, -0.15) is 0 Å². The number of carbonyl (C=O) groups excluding carboxylic acids is 1. The predicted octanol–water partition coefficient (Wildman–Crippen LogP) is 2.30. The van der Waals surface area contributed by atoms with Crippen molar-refractivity contribution in [2.24, 2.45) is 11.8 Å². The molecular weight excluding hydrogens is 236 g/mol. The fraction of sp³-hybridized carbons (Fsp3) is 0.923. The van der Waals surface area contributed by atoms with Gasteiger partial charge >= 0.3 is 0 Å². The van der Waals surface area contributed by atoms with Gasteiger partial charge in [0.2, 0.25) is 5.91 Å². The van der Waals surface area contributed by atoms with E-state index < -0.39 is 0 Å². The zero-order valence-corrected chi connectivity index (χ0v) is 12.2. The van der Waals surface area contributed by atoms with Crippen LogP contribution in [0, 0.1) is 11.8 Å². The highest BCUT2D eigenvalue weighted by molar-refractivity contribution is 5.85. The number of hydrogen-bond acceptors (Lipinski definition) is 2. The molecule has 3 nitrogen and oxygen atoms in total. The first kappa shape index (κ1) is 16.7. The molecule has 1 saturated carbocycles. The highest BCUT2D eigenvalue weighted by Gasteiger charge is 2.21. The summed E-state index contributed by atoms with van der Waals surface area (Å²) < 4.78 is 0. The van der Waals surface area contributed by atoms with Crippen molar-refractivity contribution in [1.82, 2.24) is 10.2 Å². The van der Waals surface area contributed by atoms with E-state index in [9.17, 15) is 4.79 Å². The van der Waals surface area contributed by atoms with Crippen molar-refractivity contribution in [1.29, 1.82) is 0 Å². The molecule has 1 fully saturated rings. The van der Waals surface area contributed by atoms with E-state index in [0.717, 1.165) is 19.0 Å². The molecule has 4 heteroatoms. The summed E-state index contributed by atoms with van der Waals surface area (Å²) in [6.45, 7) is 3.72. The normalized spacial score (nSPS) is 18.3. The first-order valence-electron chi connectivity index (χ1n) is 6.54. The summed E-state index contributed by atoms with van der Waals surface area (Å²) in [4.78, 5) is 13.9. The van der Waals surface area contributed by atoms with Gasteiger partial charge in [0.05, 0.1) is 0 Å². The van der Waals surface area contributed by atoms with Crippen LogP contribution in [0.2, 0.25) is 0 Å². The Morgan fingerprint density at radius 2 is 1.94 bits per heavy atom. The van der Waals surface area contributed by atoms with Crippen LogP contribution in [0.4, 0.5) is 0 Å². The second kappa shape index (κ2) is 8.76. The molecule has 0 spiro atoms. The maximum atomic E-state index is 12.0. The Labute approximate surface area is 112 Å². The molecule has 1 unspecified atom stereocenters. The fourth-order valence-corrected chi connectivity index (χ4v) is 2.62. The van der Waals surface area contributed by atoms with Crippen LogP contribution in [0.1, 0.15) is 39.0 Å². The first-order valence-corrected chi connectivity index (χ1v) is 6.54. The molecule has 1 aliphatic rings. The summed E-state index contributed by atoms with van der Waals surface area (Å²) in [5.41, 5.74) is 0. The van der Waals surface area contributed by atoms with Crippen molar-refractivity contribution >= 4 is 18.3 Å². The van der Waals surface area contributed by atoms with Gasteiger partial charge in [0.1, 0.15) is 0 Å². The standard InChI is InChI=1S/C13H26N2O.ClH/c1-11(9-14-2)13(16)15(3)10-12-7-5-4-6-8-12;/h11-12,14H,4-10H2,1-3H3;1H. The third-order valence-electron chi connectivity index (χ3n) is 3.56. The Balaban J connectivity index is 0.00000256. The van der Waals surface area contributed by atoms with Crippen molar-refractivity contribution in [3.63, 3.8) is 0 Å². The quantitative estimate of drug-likeness (QED) is 0.825. The van der Waals surface area contributed by atoms with Crippen LogP contribution in [0.5, 0.6) is 0 Å². The average molecular weight is 263 g/mol. The summed E-state index contributed by atoms with van der Waals surface area (Å²) in [5, 5.41) is 3.06. The lowest BCUT2D eigenvalue weighted by Crippen LogP contribution is -2.38. The van der Waals surface area contributed by atoms with Gasteiger partial charge in [-0.3, -0.25) is 4.79 Å². The smallest absolute Gasteiger partial charge is 0.226 e. The van der Waals surface area contributed by atoms with Crippen LogP contribution in [-0.2, 0) is 4.79 Å². The molecule has 1 rings (SSSR count). The number of rotatable bonds is 5. The molecule has 0 heterocycles. The largest absolute Gasteiger partial charge is 0.345 e. The summed E-state index contributed by atoms with van der Waals surface area (Å²) >= 11 is 0. The third kappa shape index (κ3) is 5.73. The molecule has 17 heavy (non-hydrogen) atoms. The zero-order valence-electron chi connectivity index (χ0n) is 11.4. The van der Waals surface area contributed by atoms with Crippen molar-refractivity contribution in [3.05, 3.63) is 0 Å². The van der Waals surface area contributed by atoms with Gasteiger partial charge in [-0.15, -0.1) is 12.4 Å². The van der Waals surface area contributed by atoms with E-state index >= 15 is 0 Å². The second-order valence-corrected chi connectivity index (χ2v) is 5.18. The molecule has 0 bridgehead atoms. The first-order chi connectivity index (χ1) is 7.65. The number of amides is 1. The molecule has 0 radical (unpaired) electrons. The van der Waals surface area contributed by atoms with Crippen LogP contribution in [-0.4, -0.2) is 38.0 Å². The topological polar surface area (TPSA) is 32.3 Å². The summed E-state index contributed by atoms with van der Waals surface area (Å²) in [5.74, 6) is 1.11. The lowest BCUT2D eigenvalue weighted by Gasteiger charge is -2.28. The molecule has 1 amide bonds. The van der Waals surface area contributed by atoms with Gasteiger partial charge < -0.3 is 10.2 Å². The van der Waals surface area contributed by atoms with Gasteiger partial charge in [0, 0.05) is 26.1 Å². The van der Waals surface area contributed by atoms with Crippen LogP contribution in [0.3, 0.4) is 0 Å². The Hall–Kier alpha value is -0.280. The molecule has 0 aromatic carbocycles. The van der Waals surface area contributed by atoms with Crippen LogP contribution in [0.15, 0.2) is 0 Å². The fourth-order valence-electron chi connectivity index (χ4n) is 2.62. The molecule has 0 aliphatic heterocycles. The zero-order chi connectivity index (χ0) is 12.0. The number of nitrogens with one attached hydrogen (secondary N) is 1. The van der Waals surface area contributed by atoms with E-state index in [4.69, 9.17) is 0 Å². The molecule has 102 valence electrons. The number of hydrogen-bond donors (Lipinski definition) is 1. The lowest BCUT2D eigenvalue weighted by atomic mass is 9.89. The predicted molar refractivity (Wildman–Crippen MR) is 74.6 cm³/mol. The van der Waals surface area contributed by atoms with E-state index in [1.165, 1.54) is 32.1 Å². The molecule has 0 aromatic rings. The van der Waals surface area contributed by atoms with Crippen molar-refractivity contribution in [2.75, 3.05) is 27.2 Å². The lowest BCUT2D eigenvalue weighted by molar-refractivity contribution is -0.134. The summed E-state index contributed by atoms with van der Waals surface area (Å²) in [7, 11) is 3.84. The highest BCUT2D eigenvalue weighted by atomic mass is 35.5. The van der Waals surface area contributed by atoms with E-state index in [2.05, 4.69) is 5.32 Å². The maximum Gasteiger partial charge on any atom is 0.226 e. The van der Waals surface area contributed by atoms with Crippen molar-refractivity contribution in [3.8, 4) is 0 Å². The van der Waals surface area contributed by atoms with E-state index in [-0.39, 0.29) is 24.2 Å². The number of carbonyl (C=O) groups is 1. The van der Waals surface area contributed by atoms with E-state index in [0.29, 0.717) is 0 Å². The second-order valence-electron chi connectivity index (χ2n) is 5.18. The molecule has 0 aromatic heterocycles. The number of halogens is 1. The van der Waals surface area contributed by atoms with Gasteiger partial charge in [-0.05, 0) is 25.8 Å². The Kier molecular flexibility index (Phi) is 8.61. The minimum Gasteiger partial charge on any atom is -0.345 e. The molecule has 1 N–H and O–H groups in total. The van der Waals surface area contributed by atoms with Crippen LogP contribution < -0.4 is 5.32 Å².